The maximum atomic E-state index is 12.6. The van der Waals surface area contributed by atoms with Gasteiger partial charge in [0.2, 0.25) is 5.91 Å². The number of morpholine rings is 1. The first-order valence-corrected chi connectivity index (χ1v) is 8.06. The summed E-state index contributed by atoms with van der Waals surface area (Å²) < 4.78 is 5.50. The van der Waals surface area contributed by atoms with Crippen LogP contribution in [0.3, 0.4) is 0 Å². The van der Waals surface area contributed by atoms with Crippen LogP contribution in [0.25, 0.3) is 0 Å². The van der Waals surface area contributed by atoms with Gasteiger partial charge < -0.3 is 14.7 Å². The van der Waals surface area contributed by atoms with Gasteiger partial charge in [-0.15, -0.1) is 11.3 Å². The molecule has 2 aliphatic rings. The van der Waals surface area contributed by atoms with Crippen molar-refractivity contribution in [3.05, 3.63) is 21.9 Å². The van der Waals surface area contributed by atoms with Crippen molar-refractivity contribution in [3.8, 4) is 0 Å². The second-order valence-electron chi connectivity index (χ2n) is 5.89. The Morgan fingerprint density at radius 2 is 2.40 bits per heavy atom. The van der Waals surface area contributed by atoms with E-state index in [2.05, 4.69) is 18.4 Å². The van der Waals surface area contributed by atoms with E-state index in [9.17, 15) is 9.90 Å². The zero-order chi connectivity index (χ0) is 14.3. The summed E-state index contributed by atoms with van der Waals surface area (Å²) in [6, 6.07) is 2.23. The SMILES string of the molecule is Cc1ccsc1C1CC1C(=O)N1CC(CO)OCC1C. The fraction of sp³-hybridized carbons (Fsp3) is 0.667. The van der Waals surface area contributed by atoms with Gasteiger partial charge in [-0.1, -0.05) is 0 Å². The van der Waals surface area contributed by atoms with Crippen molar-refractivity contribution in [1.82, 2.24) is 4.90 Å². The van der Waals surface area contributed by atoms with E-state index in [-0.39, 0.29) is 30.6 Å². The van der Waals surface area contributed by atoms with Crippen LogP contribution in [0, 0.1) is 12.8 Å². The number of thiophene rings is 1. The first-order valence-electron chi connectivity index (χ1n) is 7.18. The largest absolute Gasteiger partial charge is 0.394 e. The van der Waals surface area contributed by atoms with E-state index in [4.69, 9.17) is 4.74 Å². The molecule has 0 radical (unpaired) electrons. The van der Waals surface area contributed by atoms with Crippen LogP contribution in [0.5, 0.6) is 0 Å². The number of carbonyl (C=O) groups excluding carboxylic acids is 1. The molecule has 1 aromatic heterocycles. The van der Waals surface area contributed by atoms with E-state index in [1.165, 1.54) is 10.4 Å². The summed E-state index contributed by atoms with van der Waals surface area (Å²) in [6.45, 7) is 5.15. The number of aliphatic hydroxyl groups excluding tert-OH is 1. The van der Waals surface area contributed by atoms with Gasteiger partial charge in [-0.3, -0.25) is 4.79 Å². The number of ether oxygens (including phenoxy) is 1. The van der Waals surface area contributed by atoms with E-state index < -0.39 is 0 Å². The number of hydrogen-bond donors (Lipinski definition) is 1. The molecule has 2 fully saturated rings. The smallest absolute Gasteiger partial charge is 0.226 e. The van der Waals surface area contributed by atoms with Gasteiger partial charge in [-0.2, -0.15) is 0 Å². The third-order valence-corrected chi connectivity index (χ3v) is 5.49. The summed E-state index contributed by atoms with van der Waals surface area (Å²) in [6.07, 6.45) is 0.740. The molecule has 4 atom stereocenters. The number of carbonyl (C=O) groups is 1. The highest BCUT2D eigenvalue weighted by Gasteiger charge is 2.48. The first kappa shape index (κ1) is 14.0. The van der Waals surface area contributed by atoms with Gasteiger partial charge in [-0.05, 0) is 37.3 Å². The average Bonchev–Trinajstić information content (AvgIpc) is 3.13. The number of amides is 1. The fourth-order valence-corrected chi connectivity index (χ4v) is 4.08. The Morgan fingerprint density at radius 3 is 3.05 bits per heavy atom. The third-order valence-electron chi connectivity index (χ3n) is 4.34. The lowest BCUT2D eigenvalue weighted by molar-refractivity contribution is -0.147. The molecule has 1 aliphatic heterocycles. The predicted molar refractivity (Wildman–Crippen MR) is 77.9 cm³/mol. The zero-order valence-corrected chi connectivity index (χ0v) is 12.7. The Hall–Kier alpha value is -0.910. The third kappa shape index (κ3) is 2.50. The number of nitrogens with zero attached hydrogens (tertiary/aromatic N) is 1. The van der Waals surface area contributed by atoms with Crippen molar-refractivity contribution >= 4 is 17.2 Å². The zero-order valence-electron chi connectivity index (χ0n) is 11.9. The van der Waals surface area contributed by atoms with E-state index in [0.717, 1.165) is 6.42 Å². The maximum Gasteiger partial charge on any atom is 0.226 e. The number of hydrogen-bond acceptors (Lipinski definition) is 4. The van der Waals surface area contributed by atoms with Crippen LogP contribution in [-0.4, -0.2) is 47.8 Å². The summed E-state index contributed by atoms with van der Waals surface area (Å²) in [4.78, 5) is 15.9. The molecule has 0 bridgehead atoms. The number of rotatable bonds is 3. The molecule has 4 nitrogen and oxygen atoms in total. The van der Waals surface area contributed by atoms with Gasteiger partial charge in [0.1, 0.15) is 0 Å². The molecule has 2 heterocycles. The summed E-state index contributed by atoms with van der Waals surface area (Å²) in [7, 11) is 0. The Balaban J connectivity index is 1.66. The monoisotopic (exact) mass is 295 g/mol. The molecule has 5 heteroatoms. The molecule has 0 spiro atoms. The summed E-state index contributed by atoms with van der Waals surface area (Å²) in [5.74, 6) is 0.773. The van der Waals surface area contributed by atoms with Crippen molar-refractivity contribution in [2.24, 2.45) is 5.92 Å². The van der Waals surface area contributed by atoms with Crippen LogP contribution in [-0.2, 0) is 9.53 Å². The molecule has 1 amide bonds. The van der Waals surface area contributed by atoms with E-state index >= 15 is 0 Å². The van der Waals surface area contributed by atoms with Crippen LogP contribution < -0.4 is 0 Å². The van der Waals surface area contributed by atoms with Gasteiger partial charge in [0.25, 0.3) is 0 Å². The molecule has 110 valence electrons. The highest BCUT2D eigenvalue weighted by Crippen LogP contribution is 2.51. The molecule has 1 saturated heterocycles. The van der Waals surface area contributed by atoms with Crippen LogP contribution in [0.4, 0.5) is 0 Å². The van der Waals surface area contributed by atoms with Crippen molar-refractivity contribution < 1.29 is 14.6 Å². The van der Waals surface area contributed by atoms with Crippen molar-refractivity contribution in [3.63, 3.8) is 0 Å². The topological polar surface area (TPSA) is 49.8 Å². The Bertz CT molecular complexity index is 501. The average molecular weight is 295 g/mol. The van der Waals surface area contributed by atoms with Gasteiger partial charge >= 0.3 is 0 Å². The van der Waals surface area contributed by atoms with Crippen molar-refractivity contribution in [2.75, 3.05) is 19.8 Å². The van der Waals surface area contributed by atoms with Crippen LogP contribution in [0.1, 0.15) is 29.7 Å². The van der Waals surface area contributed by atoms with Crippen LogP contribution in [0.2, 0.25) is 0 Å². The van der Waals surface area contributed by atoms with Crippen molar-refractivity contribution in [1.29, 1.82) is 0 Å². The first-order chi connectivity index (χ1) is 9.61. The Kier molecular flexibility index (Phi) is 3.84. The molecule has 1 aromatic rings. The molecule has 20 heavy (non-hydrogen) atoms. The standard InChI is InChI=1S/C15H21NO3S/c1-9-3-4-20-14(9)12-5-13(12)15(18)16-6-11(7-17)19-8-10(16)2/h3-4,10-13,17H,5-8H2,1-2H3. The predicted octanol–water partition coefficient (Wildman–Crippen LogP) is 1.77. The minimum absolute atomic E-state index is 0.0192. The molecule has 1 N–H and O–H groups in total. The second-order valence-corrected chi connectivity index (χ2v) is 6.84. The van der Waals surface area contributed by atoms with E-state index in [0.29, 0.717) is 19.1 Å². The molecular weight excluding hydrogens is 274 g/mol. The molecule has 4 unspecified atom stereocenters. The number of aliphatic hydroxyl groups is 1. The molecular formula is C15H21NO3S. The normalized spacial score (nSPS) is 33.2. The maximum absolute atomic E-state index is 12.6. The summed E-state index contributed by atoms with van der Waals surface area (Å²) >= 11 is 1.76. The lowest BCUT2D eigenvalue weighted by atomic mass is 10.1. The van der Waals surface area contributed by atoms with E-state index in [1.807, 2.05) is 11.8 Å². The Labute approximate surface area is 123 Å². The molecule has 0 aromatic carbocycles. The van der Waals surface area contributed by atoms with Gasteiger partial charge in [0.15, 0.2) is 0 Å². The van der Waals surface area contributed by atoms with Crippen LogP contribution in [0.15, 0.2) is 11.4 Å². The second kappa shape index (κ2) is 5.47. The summed E-state index contributed by atoms with van der Waals surface area (Å²) in [5, 5.41) is 11.3. The molecule has 1 saturated carbocycles. The van der Waals surface area contributed by atoms with Crippen molar-refractivity contribution in [2.45, 2.75) is 38.3 Å². The minimum Gasteiger partial charge on any atom is -0.394 e. The number of aryl methyl sites for hydroxylation is 1. The highest BCUT2D eigenvalue weighted by molar-refractivity contribution is 7.10. The van der Waals surface area contributed by atoms with Gasteiger partial charge in [0, 0.05) is 23.3 Å². The molecule has 1 aliphatic carbocycles. The lowest BCUT2D eigenvalue weighted by Gasteiger charge is -2.37. The Morgan fingerprint density at radius 1 is 1.60 bits per heavy atom. The minimum atomic E-state index is -0.226. The van der Waals surface area contributed by atoms with Gasteiger partial charge in [0.05, 0.1) is 25.4 Å². The summed E-state index contributed by atoms with van der Waals surface area (Å²) in [5.41, 5.74) is 1.30. The lowest BCUT2D eigenvalue weighted by Crippen LogP contribution is -2.52. The van der Waals surface area contributed by atoms with Crippen LogP contribution >= 0.6 is 11.3 Å². The molecule has 3 rings (SSSR count). The van der Waals surface area contributed by atoms with E-state index in [1.54, 1.807) is 11.3 Å². The van der Waals surface area contributed by atoms with Gasteiger partial charge in [-0.25, -0.2) is 0 Å². The quantitative estimate of drug-likeness (QED) is 0.924. The fourth-order valence-electron chi connectivity index (χ4n) is 2.97. The highest BCUT2D eigenvalue weighted by atomic mass is 32.1.